The average Bonchev–Trinajstić information content (AvgIpc) is 3.06. The third-order valence-electron chi connectivity index (χ3n) is 3.62. The van der Waals surface area contributed by atoms with Gasteiger partial charge in [-0.15, -0.1) is 0 Å². The van der Waals surface area contributed by atoms with E-state index in [-0.39, 0.29) is 35.7 Å². The maximum absolute atomic E-state index is 12.3. The van der Waals surface area contributed by atoms with Crippen LogP contribution in [-0.2, 0) is 11.3 Å². The molecule has 0 radical (unpaired) electrons. The van der Waals surface area contributed by atoms with Crippen molar-refractivity contribution >= 4 is 5.91 Å². The number of carbonyl (C=O) groups excluding carboxylic acids is 1. The van der Waals surface area contributed by atoms with Gasteiger partial charge >= 0.3 is 0 Å². The summed E-state index contributed by atoms with van der Waals surface area (Å²) in [6.07, 6.45) is 4.67. The molecule has 3 heterocycles. The molecule has 9 nitrogen and oxygen atoms in total. The van der Waals surface area contributed by atoms with Crippen LogP contribution in [0.15, 0.2) is 35.5 Å². The number of rotatable bonds is 4. The SMILES string of the molecule is N#Cc1nccnc1OC1CCN(C(=O)Cn2ncccc2=O)C1. The summed E-state index contributed by atoms with van der Waals surface area (Å²) in [4.78, 5) is 33.4. The average molecular weight is 326 g/mol. The Labute approximate surface area is 137 Å². The second-order valence-corrected chi connectivity index (χ2v) is 5.21. The van der Waals surface area contributed by atoms with Crippen LogP contribution in [-0.4, -0.2) is 49.7 Å². The molecule has 1 saturated heterocycles. The van der Waals surface area contributed by atoms with Crippen LogP contribution in [0.5, 0.6) is 5.88 Å². The van der Waals surface area contributed by atoms with Crippen LogP contribution >= 0.6 is 0 Å². The lowest BCUT2D eigenvalue weighted by Crippen LogP contribution is -2.36. The van der Waals surface area contributed by atoms with E-state index in [1.54, 1.807) is 4.90 Å². The first-order valence-corrected chi connectivity index (χ1v) is 7.35. The quantitative estimate of drug-likeness (QED) is 0.750. The van der Waals surface area contributed by atoms with Crippen LogP contribution in [0.3, 0.4) is 0 Å². The number of nitriles is 1. The van der Waals surface area contributed by atoms with E-state index in [0.717, 1.165) is 4.68 Å². The lowest BCUT2D eigenvalue weighted by molar-refractivity contribution is -0.131. The standard InChI is InChI=1S/C15H14N6O3/c16-8-12-15(18-6-5-17-12)24-11-3-7-20(9-11)14(23)10-21-13(22)2-1-4-19-21/h1-2,4-6,11H,3,7,9-10H2. The molecule has 0 bridgehead atoms. The van der Waals surface area contributed by atoms with E-state index in [1.165, 1.54) is 30.7 Å². The predicted octanol–water partition coefficient (Wildman–Crippen LogP) is -0.415. The Morgan fingerprint density at radius 1 is 1.38 bits per heavy atom. The van der Waals surface area contributed by atoms with Crippen molar-refractivity contribution in [3.05, 3.63) is 46.8 Å². The Morgan fingerprint density at radius 2 is 2.21 bits per heavy atom. The number of amides is 1. The van der Waals surface area contributed by atoms with Crippen molar-refractivity contribution in [2.24, 2.45) is 0 Å². The maximum atomic E-state index is 12.3. The molecule has 1 unspecified atom stereocenters. The fourth-order valence-electron chi connectivity index (χ4n) is 2.43. The molecule has 1 fully saturated rings. The minimum Gasteiger partial charge on any atom is -0.470 e. The summed E-state index contributed by atoms with van der Waals surface area (Å²) in [5.74, 6) is -0.0400. The van der Waals surface area contributed by atoms with Crippen molar-refractivity contribution in [1.29, 1.82) is 5.26 Å². The Hall–Kier alpha value is -3.28. The zero-order valence-corrected chi connectivity index (χ0v) is 12.7. The van der Waals surface area contributed by atoms with E-state index in [1.807, 2.05) is 6.07 Å². The minimum atomic E-state index is -0.323. The van der Waals surface area contributed by atoms with Crippen LogP contribution in [0.1, 0.15) is 12.1 Å². The van der Waals surface area contributed by atoms with Gasteiger partial charge in [0.05, 0.1) is 6.54 Å². The van der Waals surface area contributed by atoms with E-state index in [0.29, 0.717) is 19.5 Å². The van der Waals surface area contributed by atoms with Crippen LogP contribution in [0.25, 0.3) is 0 Å². The van der Waals surface area contributed by atoms with Crippen molar-refractivity contribution in [3.8, 4) is 11.9 Å². The van der Waals surface area contributed by atoms with Crippen molar-refractivity contribution in [2.75, 3.05) is 13.1 Å². The fourth-order valence-corrected chi connectivity index (χ4v) is 2.43. The van der Waals surface area contributed by atoms with E-state index < -0.39 is 0 Å². The molecule has 1 aliphatic rings. The first kappa shape index (κ1) is 15.6. The summed E-state index contributed by atoms with van der Waals surface area (Å²) in [5, 5.41) is 12.9. The lowest BCUT2D eigenvalue weighted by atomic mass is 10.3. The summed E-state index contributed by atoms with van der Waals surface area (Å²) >= 11 is 0. The Balaban J connectivity index is 1.61. The molecule has 3 rings (SSSR count). The summed E-state index contributed by atoms with van der Waals surface area (Å²) < 4.78 is 6.80. The molecule has 1 aliphatic heterocycles. The van der Waals surface area contributed by atoms with Gasteiger partial charge in [-0.3, -0.25) is 9.59 Å². The van der Waals surface area contributed by atoms with Gasteiger partial charge in [0, 0.05) is 37.6 Å². The smallest absolute Gasteiger partial charge is 0.267 e. The summed E-state index contributed by atoms with van der Waals surface area (Å²) in [7, 11) is 0. The highest BCUT2D eigenvalue weighted by Crippen LogP contribution is 2.18. The first-order chi connectivity index (χ1) is 11.7. The van der Waals surface area contributed by atoms with Gasteiger partial charge in [-0.2, -0.15) is 10.4 Å². The molecular weight excluding hydrogens is 312 g/mol. The van der Waals surface area contributed by atoms with Crippen LogP contribution in [0.4, 0.5) is 0 Å². The highest BCUT2D eigenvalue weighted by atomic mass is 16.5. The van der Waals surface area contributed by atoms with Crippen molar-refractivity contribution in [1.82, 2.24) is 24.6 Å². The van der Waals surface area contributed by atoms with Gasteiger partial charge < -0.3 is 9.64 Å². The highest BCUT2D eigenvalue weighted by molar-refractivity contribution is 5.76. The molecule has 122 valence electrons. The van der Waals surface area contributed by atoms with E-state index in [2.05, 4.69) is 15.1 Å². The molecule has 0 aromatic carbocycles. The number of hydrogen-bond acceptors (Lipinski definition) is 7. The van der Waals surface area contributed by atoms with Crippen LogP contribution in [0.2, 0.25) is 0 Å². The molecule has 0 saturated carbocycles. The number of nitrogens with zero attached hydrogens (tertiary/aromatic N) is 6. The second kappa shape index (κ2) is 6.87. The predicted molar refractivity (Wildman–Crippen MR) is 80.9 cm³/mol. The summed E-state index contributed by atoms with van der Waals surface area (Å²) in [6.45, 7) is 0.760. The monoisotopic (exact) mass is 326 g/mol. The normalized spacial score (nSPS) is 16.6. The van der Waals surface area contributed by atoms with Crippen LogP contribution < -0.4 is 10.3 Å². The molecule has 2 aromatic rings. The molecule has 0 aliphatic carbocycles. The van der Waals surface area contributed by atoms with Gasteiger partial charge in [0.25, 0.3) is 11.4 Å². The highest BCUT2D eigenvalue weighted by Gasteiger charge is 2.28. The zero-order valence-electron chi connectivity index (χ0n) is 12.7. The van der Waals surface area contributed by atoms with Gasteiger partial charge in [0.15, 0.2) is 0 Å². The van der Waals surface area contributed by atoms with E-state index >= 15 is 0 Å². The molecule has 1 amide bonds. The van der Waals surface area contributed by atoms with Crippen molar-refractivity contribution < 1.29 is 9.53 Å². The third-order valence-corrected chi connectivity index (χ3v) is 3.62. The van der Waals surface area contributed by atoms with Gasteiger partial charge in [-0.05, 0) is 6.07 Å². The Morgan fingerprint density at radius 3 is 3.00 bits per heavy atom. The number of likely N-dealkylation sites (tertiary alicyclic amines) is 1. The molecule has 2 aromatic heterocycles. The number of aromatic nitrogens is 4. The molecule has 9 heteroatoms. The van der Waals surface area contributed by atoms with Crippen LogP contribution in [0, 0.1) is 11.3 Å². The number of ether oxygens (including phenoxy) is 1. The molecular formula is C15H14N6O3. The first-order valence-electron chi connectivity index (χ1n) is 7.35. The largest absolute Gasteiger partial charge is 0.470 e. The zero-order chi connectivity index (χ0) is 16.9. The molecule has 0 N–H and O–H groups in total. The van der Waals surface area contributed by atoms with Gasteiger partial charge in [-0.1, -0.05) is 0 Å². The fraction of sp³-hybridized carbons (Fsp3) is 0.333. The Kier molecular flexibility index (Phi) is 4.47. The molecule has 1 atom stereocenters. The summed E-state index contributed by atoms with van der Waals surface area (Å²) in [5.41, 5.74) is -0.210. The van der Waals surface area contributed by atoms with Gasteiger partial charge in [0.2, 0.25) is 11.6 Å². The summed E-state index contributed by atoms with van der Waals surface area (Å²) in [6, 6.07) is 4.80. The van der Waals surface area contributed by atoms with E-state index in [9.17, 15) is 9.59 Å². The second-order valence-electron chi connectivity index (χ2n) is 5.21. The van der Waals surface area contributed by atoms with E-state index in [4.69, 9.17) is 10.00 Å². The Bertz CT molecular complexity index is 843. The topological polar surface area (TPSA) is 114 Å². The van der Waals surface area contributed by atoms with Gasteiger partial charge in [-0.25, -0.2) is 14.6 Å². The number of hydrogen-bond donors (Lipinski definition) is 0. The number of carbonyl (C=O) groups is 1. The van der Waals surface area contributed by atoms with Crippen molar-refractivity contribution in [3.63, 3.8) is 0 Å². The maximum Gasteiger partial charge on any atom is 0.267 e. The lowest BCUT2D eigenvalue weighted by Gasteiger charge is -2.17. The molecule has 24 heavy (non-hydrogen) atoms. The molecule has 0 spiro atoms. The third kappa shape index (κ3) is 3.38. The minimum absolute atomic E-state index is 0.110. The van der Waals surface area contributed by atoms with Crippen molar-refractivity contribution in [2.45, 2.75) is 19.1 Å². The van der Waals surface area contributed by atoms with Gasteiger partial charge in [0.1, 0.15) is 18.7 Å².